The molecule has 5 heteroatoms. The van der Waals surface area contributed by atoms with Crippen molar-refractivity contribution in [3.05, 3.63) is 22.3 Å². The van der Waals surface area contributed by atoms with Crippen LogP contribution >= 0.6 is 16.3 Å². The van der Waals surface area contributed by atoms with E-state index in [0.717, 1.165) is 107 Å². The number of rotatable bonds is 16. The molecule has 0 atom stereocenters. The normalized spacial score (nSPS) is 11.1. The van der Waals surface area contributed by atoms with Gasteiger partial charge in [0.25, 0.3) is 0 Å². The maximum absolute atomic E-state index is 12.5. The van der Waals surface area contributed by atoms with Crippen molar-refractivity contribution in [3.8, 4) is 11.5 Å². The van der Waals surface area contributed by atoms with Crippen LogP contribution in [0.4, 0.5) is 0 Å². The number of phenolic OH excluding ortho intramolecular Hbond substituents is 2. The molecule has 1 rings (SSSR count). The fraction of sp³-hybridized carbons (Fsp3) is 0.720. The van der Waals surface area contributed by atoms with E-state index >= 15 is 0 Å². The van der Waals surface area contributed by atoms with Crippen molar-refractivity contribution in [2.24, 2.45) is 0 Å². The highest BCUT2D eigenvalue weighted by Crippen LogP contribution is 2.41. The Kier molecular flexibility index (Phi) is 13.9. The summed E-state index contributed by atoms with van der Waals surface area (Å²) >= 11 is 2.77. The van der Waals surface area contributed by atoms with E-state index in [-0.39, 0.29) is 17.1 Å². The molecular formula is C25H41BrO4. The van der Waals surface area contributed by atoms with Crippen LogP contribution in [0.2, 0.25) is 0 Å². The summed E-state index contributed by atoms with van der Waals surface area (Å²) in [4.78, 5) is 12.5. The number of halogens is 1. The van der Waals surface area contributed by atoms with Gasteiger partial charge in [0.15, 0.2) is 27.8 Å². The lowest BCUT2D eigenvalue weighted by Gasteiger charge is -2.21. The number of carbonyl (C=O) groups excluding carboxylic acids is 1. The van der Waals surface area contributed by atoms with Crippen LogP contribution in [0.3, 0.4) is 0 Å². The lowest BCUT2D eigenvalue weighted by Crippen LogP contribution is -2.11. The predicted molar refractivity (Wildman–Crippen MR) is 128 cm³/mol. The van der Waals surface area contributed by atoms with Gasteiger partial charge in [-0.1, -0.05) is 78.6 Å². The van der Waals surface area contributed by atoms with Crippen LogP contribution in [0.25, 0.3) is 0 Å². The molecule has 0 aliphatic heterocycles. The third-order valence-electron chi connectivity index (χ3n) is 5.89. The minimum absolute atomic E-state index is 0.128. The Labute approximate surface area is 191 Å². The van der Waals surface area contributed by atoms with Crippen molar-refractivity contribution in [1.82, 2.24) is 0 Å². The Morgan fingerprint density at radius 3 is 1.53 bits per heavy atom. The van der Waals surface area contributed by atoms with Crippen LogP contribution in [0.15, 0.2) is 0 Å². The summed E-state index contributed by atoms with van der Waals surface area (Å²) in [6.07, 6.45) is 15.5. The first-order valence-corrected chi connectivity index (χ1v) is 12.6. The Balaban J connectivity index is 3.36. The SMILES string of the molecule is CCCCCCc1c(O)c(O)c(C(=O)OBr)c(CCCCCC)c1CCCCCC. The van der Waals surface area contributed by atoms with Crippen molar-refractivity contribution in [3.63, 3.8) is 0 Å². The first-order chi connectivity index (χ1) is 14.5. The zero-order valence-corrected chi connectivity index (χ0v) is 20.8. The second-order valence-corrected chi connectivity index (χ2v) is 8.63. The second-order valence-electron chi connectivity index (χ2n) is 8.30. The van der Waals surface area contributed by atoms with Gasteiger partial charge in [-0.25, -0.2) is 4.79 Å². The maximum atomic E-state index is 12.5. The third-order valence-corrected chi connectivity index (χ3v) is 6.19. The second kappa shape index (κ2) is 15.6. The van der Waals surface area contributed by atoms with Crippen molar-refractivity contribution in [1.29, 1.82) is 0 Å². The average Bonchev–Trinajstić information content (AvgIpc) is 2.75. The molecule has 2 N–H and O–H groups in total. The van der Waals surface area contributed by atoms with Crippen LogP contribution in [0.5, 0.6) is 11.5 Å². The minimum Gasteiger partial charge on any atom is -0.504 e. The monoisotopic (exact) mass is 484 g/mol. The summed E-state index contributed by atoms with van der Waals surface area (Å²) < 4.78 is 4.79. The molecule has 1 aromatic rings. The lowest BCUT2D eigenvalue weighted by atomic mass is 9.85. The molecular weight excluding hydrogens is 444 g/mol. The summed E-state index contributed by atoms with van der Waals surface area (Å²) in [6, 6.07) is 0. The number of unbranched alkanes of at least 4 members (excludes halogenated alkanes) is 9. The van der Waals surface area contributed by atoms with E-state index in [2.05, 4.69) is 37.0 Å². The van der Waals surface area contributed by atoms with Gasteiger partial charge in [0.1, 0.15) is 5.56 Å². The van der Waals surface area contributed by atoms with Crippen molar-refractivity contribution >= 4 is 22.2 Å². The summed E-state index contributed by atoms with van der Waals surface area (Å²) in [7, 11) is 0. The number of benzene rings is 1. The highest BCUT2D eigenvalue weighted by molar-refractivity contribution is 9.06. The molecule has 0 saturated heterocycles. The summed E-state index contributed by atoms with van der Waals surface area (Å²) in [5.41, 5.74) is 2.88. The van der Waals surface area contributed by atoms with Gasteiger partial charge < -0.3 is 14.0 Å². The number of hydrogen-bond donors (Lipinski definition) is 2. The highest BCUT2D eigenvalue weighted by Gasteiger charge is 2.27. The number of phenols is 2. The largest absolute Gasteiger partial charge is 0.504 e. The number of carbonyl (C=O) groups is 1. The molecule has 0 unspecified atom stereocenters. The van der Waals surface area contributed by atoms with E-state index in [4.69, 9.17) is 3.83 Å². The van der Waals surface area contributed by atoms with Crippen LogP contribution in [0, 0.1) is 0 Å². The predicted octanol–water partition coefficient (Wildman–Crippen LogP) is 7.93. The summed E-state index contributed by atoms with van der Waals surface area (Å²) in [6.45, 7) is 6.54. The number of hydrogen-bond acceptors (Lipinski definition) is 4. The quantitative estimate of drug-likeness (QED) is 0.184. The zero-order chi connectivity index (χ0) is 22.4. The molecule has 0 amide bonds. The third kappa shape index (κ3) is 8.13. The van der Waals surface area contributed by atoms with E-state index in [1.807, 2.05) is 0 Å². The van der Waals surface area contributed by atoms with E-state index in [1.165, 1.54) is 6.42 Å². The molecule has 1 aromatic carbocycles. The molecule has 30 heavy (non-hydrogen) atoms. The lowest BCUT2D eigenvalue weighted by molar-refractivity contribution is 0.0776. The standard InChI is InChI=1S/C25H41BrO4/c1-4-7-10-13-16-19-20(17-14-11-8-5-2)22(25(29)30-26)24(28)23(27)21(19)18-15-12-9-6-3/h27-28H,4-18H2,1-3H3. The first-order valence-electron chi connectivity index (χ1n) is 11.9. The van der Waals surface area contributed by atoms with Gasteiger partial charge in [0.2, 0.25) is 0 Å². The van der Waals surface area contributed by atoms with Crippen molar-refractivity contribution < 1.29 is 18.8 Å². The Bertz CT molecular complexity index is 643. The molecule has 0 aliphatic rings. The minimum atomic E-state index is -0.638. The van der Waals surface area contributed by atoms with Crippen molar-refractivity contribution in [2.75, 3.05) is 0 Å². The molecule has 0 heterocycles. The number of aromatic hydroxyl groups is 2. The van der Waals surface area contributed by atoms with Crippen LogP contribution < -0.4 is 0 Å². The molecule has 0 aliphatic carbocycles. The van der Waals surface area contributed by atoms with Gasteiger partial charge in [0, 0.05) is 5.56 Å². The van der Waals surface area contributed by atoms with E-state index < -0.39 is 5.97 Å². The smallest absolute Gasteiger partial charge is 0.353 e. The van der Waals surface area contributed by atoms with Gasteiger partial charge in [-0.3, -0.25) is 0 Å². The van der Waals surface area contributed by atoms with Gasteiger partial charge >= 0.3 is 5.97 Å². The Hall–Kier alpha value is -1.23. The first kappa shape index (κ1) is 26.8. The fourth-order valence-corrected chi connectivity index (χ4v) is 4.33. The molecule has 0 radical (unpaired) electrons. The highest BCUT2D eigenvalue weighted by atomic mass is 79.9. The topological polar surface area (TPSA) is 66.8 Å². The molecule has 0 fully saturated rings. The molecule has 0 saturated carbocycles. The van der Waals surface area contributed by atoms with Crippen LogP contribution in [-0.2, 0) is 23.1 Å². The van der Waals surface area contributed by atoms with Gasteiger partial charge in [-0.05, 0) is 49.7 Å². The van der Waals surface area contributed by atoms with E-state index in [1.54, 1.807) is 0 Å². The average molecular weight is 486 g/mol. The summed E-state index contributed by atoms with van der Waals surface area (Å²) in [5.74, 6) is -1.10. The molecule has 0 spiro atoms. The molecule has 172 valence electrons. The molecule has 4 nitrogen and oxygen atoms in total. The summed E-state index contributed by atoms with van der Waals surface area (Å²) in [5, 5.41) is 21.6. The van der Waals surface area contributed by atoms with E-state index in [9.17, 15) is 15.0 Å². The molecule has 0 bridgehead atoms. The van der Waals surface area contributed by atoms with Crippen molar-refractivity contribution in [2.45, 2.75) is 117 Å². The fourth-order valence-electron chi connectivity index (χ4n) is 4.17. The van der Waals surface area contributed by atoms with Gasteiger partial charge in [-0.15, -0.1) is 0 Å². The van der Waals surface area contributed by atoms with Gasteiger partial charge in [0.05, 0.1) is 0 Å². The molecule has 0 aromatic heterocycles. The van der Waals surface area contributed by atoms with Crippen LogP contribution in [-0.4, -0.2) is 16.2 Å². The van der Waals surface area contributed by atoms with Crippen LogP contribution in [0.1, 0.15) is 125 Å². The Morgan fingerprint density at radius 2 is 1.10 bits per heavy atom. The van der Waals surface area contributed by atoms with Gasteiger partial charge in [-0.2, -0.15) is 0 Å². The maximum Gasteiger partial charge on any atom is 0.353 e. The van der Waals surface area contributed by atoms with E-state index in [0.29, 0.717) is 0 Å². The Morgan fingerprint density at radius 1 is 0.667 bits per heavy atom. The zero-order valence-electron chi connectivity index (χ0n) is 19.2.